The van der Waals surface area contributed by atoms with Crippen LogP contribution in [0.5, 0.6) is 0 Å². The lowest BCUT2D eigenvalue weighted by Gasteiger charge is -2.37. The SMILES string of the molecule is CCNC(=NCc1ccc(N2CCN(C)CC2)nc1)N1CCN(c2ccccc2)CC1. The molecule has 2 aliphatic rings. The topological polar surface area (TPSA) is 50.2 Å². The summed E-state index contributed by atoms with van der Waals surface area (Å²) in [4.78, 5) is 19.2. The van der Waals surface area contributed by atoms with Crippen LogP contribution < -0.4 is 15.1 Å². The normalized spacial score (nSPS) is 18.4. The molecule has 0 bridgehead atoms. The summed E-state index contributed by atoms with van der Waals surface area (Å²) in [6.45, 7) is 11.9. The average Bonchev–Trinajstić information content (AvgIpc) is 2.83. The monoisotopic (exact) mass is 421 g/mol. The number of piperazine rings is 2. The molecule has 0 aliphatic carbocycles. The van der Waals surface area contributed by atoms with Crippen molar-refractivity contribution in [1.82, 2.24) is 20.1 Å². The number of nitrogens with zero attached hydrogens (tertiary/aromatic N) is 6. The minimum absolute atomic E-state index is 0.650. The van der Waals surface area contributed by atoms with Crippen LogP contribution in [0.25, 0.3) is 0 Å². The predicted octanol–water partition coefficient (Wildman–Crippen LogP) is 2.12. The Morgan fingerprint density at radius 1 is 0.903 bits per heavy atom. The number of hydrogen-bond acceptors (Lipinski definition) is 5. The van der Waals surface area contributed by atoms with E-state index in [1.807, 2.05) is 6.20 Å². The Hall–Kier alpha value is -2.80. The first-order valence-electron chi connectivity index (χ1n) is 11.4. The second-order valence-electron chi connectivity index (χ2n) is 8.29. The molecule has 1 N–H and O–H groups in total. The Bertz CT molecular complexity index is 821. The summed E-state index contributed by atoms with van der Waals surface area (Å²) in [5.74, 6) is 2.07. The van der Waals surface area contributed by atoms with E-state index >= 15 is 0 Å². The van der Waals surface area contributed by atoms with Crippen LogP contribution in [-0.4, -0.2) is 86.7 Å². The number of nitrogens with one attached hydrogen (secondary N) is 1. The first kappa shape index (κ1) is 21.4. The summed E-state index contributed by atoms with van der Waals surface area (Å²) in [6, 6.07) is 15.0. The van der Waals surface area contributed by atoms with Gasteiger partial charge in [-0.1, -0.05) is 24.3 Å². The smallest absolute Gasteiger partial charge is 0.194 e. The van der Waals surface area contributed by atoms with E-state index in [2.05, 4.69) is 81.4 Å². The van der Waals surface area contributed by atoms with Crippen LogP contribution in [0, 0.1) is 0 Å². The van der Waals surface area contributed by atoms with E-state index in [-0.39, 0.29) is 0 Å². The summed E-state index contributed by atoms with van der Waals surface area (Å²) >= 11 is 0. The van der Waals surface area contributed by atoms with E-state index < -0.39 is 0 Å². The molecule has 7 heteroatoms. The molecule has 2 aromatic rings. The van der Waals surface area contributed by atoms with Gasteiger partial charge in [-0.05, 0) is 37.7 Å². The molecule has 1 aromatic carbocycles. The summed E-state index contributed by atoms with van der Waals surface area (Å²) < 4.78 is 0. The number of benzene rings is 1. The van der Waals surface area contributed by atoms with Crippen LogP contribution in [0.1, 0.15) is 12.5 Å². The third-order valence-corrected chi connectivity index (χ3v) is 6.08. The third kappa shape index (κ3) is 5.67. The Morgan fingerprint density at radius 3 is 2.26 bits per heavy atom. The minimum atomic E-state index is 0.650. The number of guanidine groups is 1. The van der Waals surface area contributed by atoms with Crippen molar-refractivity contribution >= 4 is 17.5 Å². The second kappa shape index (κ2) is 10.5. The molecule has 4 rings (SSSR count). The number of aromatic nitrogens is 1. The molecule has 2 aliphatic heterocycles. The fourth-order valence-corrected chi connectivity index (χ4v) is 4.14. The van der Waals surface area contributed by atoms with Crippen molar-refractivity contribution in [1.29, 1.82) is 0 Å². The number of aliphatic imine (C=N–C) groups is 1. The Kier molecular flexibility index (Phi) is 7.25. The summed E-state index contributed by atoms with van der Waals surface area (Å²) in [7, 11) is 2.18. The van der Waals surface area contributed by atoms with Gasteiger partial charge in [0, 0.05) is 70.8 Å². The van der Waals surface area contributed by atoms with Gasteiger partial charge in [-0.3, -0.25) is 0 Å². The van der Waals surface area contributed by atoms with Crippen molar-refractivity contribution in [3.05, 3.63) is 54.2 Å². The van der Waals surface area contributed by atoms with Gasteiger partial charge < -0.3 is 24.9 Å². The highest BCUT2D eigenvalue weighted by Crippen LogP contribution is 2.16. The maximum absolute atomic E-state index is 4.91. The van der Waals surface area contributed by atoms with Gasteiger partial charge in [0.1, 0.15) is 5.82 Å². The molecule has 7 nitrogen and oxygen atoms in total. The molecular weight excluding hydrogens is 386 g/mol. The predicted molar refractivity (Wildman–Crippen MR) is 129 cm³/mol. The van der Waals surface area contributed by atoms with Crippen LogP contribution in [-0.2, 0) is 6.54 Å². The van der Waals surface area contributed by atoms with Crippen LogP contribution in [0.2, 0.25) is 0 Å². The molecule has 2 saturated heterocycles. The molecular formula is C24H35N7. The molecule has 3 heterocycles. The van der Waals surface area contributed by atoms with E-state index in [0.29, 0.717) is 6.54 Å². The molecule has 0 atom stereocenters. The van der Waals surface area contributed by atoms with E-state index in [4.69, 9.17) is 9.98 Å². The molecule has 0 amide bonds. The standard InChI is InChI=1S/C24H35N7/c1-3-25-24(31-17-15-29(16-18-31)22-7-5-4-6-8-22)27-20-21-9-10-23(26-19-21)30-13-11-28(2)12-14-30/h4-10,19H,3,11-18,20H2,1-2H3,(H,25,27). The number of likely N-dealkylation sites (N-methyl/N-ethyl adjacent to an activating group) is 1. The molecule has 0 unspecified atom stereocenters. The zero-order valence-electron chi connectivity index (χ0n) is 18.9. The van der Waals surface area contributed by atoms with E-state index in [1.54, 1.807) is 0 Å². The van der Waals surface area contributed by atoms with E-state index in [9.17, 15) is 0 Å². The lowest BCUT2D eigenvalue weighted by molar-refractivity contribution is 0.312. The average molecular weight is 422 g/mol. The van der Waals surface area contributed by atoms with Crippen LogP contribution in [0.4, 0.5) is 11.5 Å². The van der Waals surface area contributed by atoms with Crippen molar-refractivity contribution in [2.45, 2.75) is 13.5 Å². The van der Waals surface area contributed by atoms with Crippen molar-refractivity contribution in [2.75, 3.05) is 75.8 Å². The Labute approximate surface area is 186 Å². The maximum Gasteiger partial charge on any atom is 0.194 e. The number of anilines is 2. The lowest BCUT2D eigenvalue weighted by Crippen LogP contribution is -2.52. The van der Waals surface area contributed by atoms with Gasteiger partial charge in [0.2, 0.25) is 0 Å². The van der Waals surface area contributed by atoms with E-state index in [1.165, 1.54) is 5.69 Å². The Morgan fingerprint density at radius 2 is 1.61 bits per heavy atom. The van der Waals surface area contributed by atoms with Crippen molar-refractivity contribution in [3.8, 4) is 0 Å². The fraction of sp³-hybridized carbons (Fsp3) is 0.500. The quantitative estimate of drug-likeness (QED) is 0.590. The molecule has 31 heavy (non-hydrogen) atoms. The van der Waals surface area contributed by atoms with Crippen molar-refractivity contribution in [3.63, 3.8) is 0 Å². The Balaban J connectivity index is 1.33. The van der Waals surface area contributed by atoms with Crippen molar-refractivity contribution in [2.24, 2.45) is 4.99 Å². The molecule has 1 aromatic heterocycles. The molecule has 166 valence electrons. The summed E-state index contributed by atoms with van der Waals surface area (Å²) in [5.41, 5.74) is 2.45. The number of para-hydroxylation sites is 1. The van der Waals surface area contributed by atoms with Gasteiger partial charge >= 0.3 is 0 Å². The van der Waals surface area contributed by atoms with Gasteiger partial charge in [-0.15, -0.1) is 0 Å². The first-order chi connectivity index (χ1) is 15.2. The minimum Gasteiger partial charge on any atom is -0.368 e. The van der Waals surface area contributed by atoms with Gasteiger partial charge in [0.05, 0.1) is 6.54 Å². The first-order valence-corrected chi connectivity index (χ1v) is 11.4. The molecule has 0 radical (unpaired) electrons. The zero-order chi connectivity index (χ0) is 21.5. The number of pyridine rings is 1. The van der Waals surface area contributed by atoms with Crippen LogP contribution in [0.15, 0.2) is 53.7 Å². The number of rotatable bonds is 5. The van der Waals surface area contributed by atoms with Crippen LogP contribution >= 0.6 is 0 Å². The fourth-order valence-electron chi connectivity index (χ4n) is 4.14. The molecule has 0 spiro atoms. The van der Waals surface area contributed by atoms with Crippen LogP contribution in [0.3, 0.4) is 0 Å². The highest BCUT2D eigenvalue weighted by molar-refractivity contribution is 5.80. The highest BCUT2D eigenvalue weighted by Gasteiger charge is 2.20. The maximum atomic E-state index is 4.91. The summed E-state index contributed by atoms with van der Waals surface area (Å²) in [6.07, 6.45) is 1.98. The third-order valence-electron chi connectivity index (χ3n) is 6.08. The highest BCUT2D eigenvalue weighted by atomic mass is 15.3. The zero-order valence-corrected chi connectivity index (χ0v) is 18.9. The second-order valence-corrected chi connectivity index (χ2v) is 8.29. The van der Waals surface area contributed by atoms with Gasteiger partial charge in [-0.25, -0.2) is 9.98 Å². The largest absolute Gasteiger partial charge is 0.368 e. The molecule has 0 saturated carbocycles. The van der Waals surface area contributed by atoms with Crippen molar-refractivity contribution < 1.29 is 0 Å². The van der Waals surface area contributed by atoms with Gasteiger partial charge in [0.15, 0.2) is 5.96 Å². The lowest BCUT2D eigenvalue weighted by atomic mass is 10.2. The van der Waals surface area contributed by atoms with Gasteiger partial charge in [-0.2, -0.15) is 0 Å². The van der Waals surface area contributed by atoms with Gasteiger partial charge in [0.25, 0.3) is 0 Å². The molecule has 2 fully saturated rings. The van der Waals surface area contributed by atoms with E-state index in [0.717, 1.165) is 76.2 Å². The summed E-state index contributed by atoms with van der Waals surface area (Å²) in [5, 5.41) is 3.47. The number of hydrogen-bond donors (Lipinski definition) is 1.